The molecule has 2 aliphatic rings. The third kappa shape index (κ3) is 3.58. The summed E-state index contributed by atoms with van der Waals surface area (Å²) >= 11 is 9.57. The number of nitro benzene ring substituents is 1. The highest BCUT2D eigenvalue weighted by Gasteiger charge is 2.41. The Morgan fingerprint density at radius 1 is 1.16 bits per heavy atom. The summed E-state index contributed by atoms with van der Waals surface area (Å²) < 4.78 is 7.25. The van der Waals surface area contributed by atoms with E-state index >= 15 is 0 Å². The Morgan fingerprint density at radius 2 is 1.94 bits per heavy atom. The van der Waals surface area contributed by atoms with Crippen molar-refractivity contribution in [1.29, 1.82) is 0 Å². The predicted molar refractivity (Wildman–Crippen MR) is 123 cm³/mol. The highest BCUT2D eigenvalue weighted by atomic mass is 79.9. The van der Waals surface area contributed by atoms with Gasteiger partial charge in [0.05, 0.1) is 16.7 Å². The molecule has 0 aromatic heterocycles. The van der Waals surface area contributed by atoms with Crippen LogP contribution in [-0.4, -0.2) is 15.6 Å². The topological polar surface area (TPSA) is 68.0 Å². The van der Waals surface area contributed by atoms with Crippen molar-refractivity contribution in [2.75, 3.05) is 0 Å². The lowest BCUT2D eigenvalue weighted by molar-refractivity contribution is -0.384. The molecule has 156 valence electrons. The predicted octanol–water partition coefficient (Wildman–Crippen LogP) is 6.56. The van der Waals surface area contributed by atoms with E-state index in [0.717, 1.165) is 27.1 Å². The number of aryl methyl sites for hydroxylation is 1. The van der Waals surface area contributed by atoms with Gasteiger partial charge in [-0.05, 0) is 36.8 Å². The number of rotatable bonds is 3. The molecule has 3 aromatic carbocycles. The van der Waals surface area contributed by atoms with E-state index in [-0.39, 0.29) is 16.8 Å². The van der Waals surface area contributed by atoms with Gasteiger partial charge in [-0.3, -0.25) is 10.1 Å². The molecule has 0 spiro atoms. The van der Waals surface area contributed by atoms with Crippen LogP contribution in [0.5, 0.6) is 5.75 Å². The van der Waals surface area contributed by atoms with E-state index in [1.54, 1.807) is 6.07 Å². The number of fused-ring (bicyclic) bond motifs is 3. The van der Waals surface area contributed by atoms with E-state index in [1.807, 2.05) is 23.2 Å². The van der Waals surface area contributed by atoms with Gasteiger partial charge in [-0.2, -0.15) is 5.10 Å². The fourth-order valence-electron chi connectivity index (χ4n) is 4.02. The summed E-state index contributed by atoms with van der Waals surface area (Å²) in [4.78, 5) is 10.9. The molecule has 8 heteroatoms. The van der Waals surface area contributed by atoms with Gasteiger partial charge in [0.1, 0.15) is 10.8 Å². The van der Waals surface area contributed by atoms with Gasteiger partial charge >= 0.3 is 0 Å². The number of benzene rings is 3. The molecule has 0 fully saturated rings. The highest BCUT2D eigenvalue weighted by molar-refractivity contribution is 9.10. The van der Waals surface area contributed by atoms with E-state index in [4.69, 9.17) is 21.4 Å². The summed E-state index contributed by atoms with van der Waals surface area (Å²) in [7, 11) is 0. The average Bonchev–Trinajstić information content (AvgIpc) is 3.20. The van der Waals surface area contributed by atoms with Crippen LogP contribution in [0.25, 0.3) is 0 Å². The van der Waals surface area contributed by atoms with Crippen LogP contribution in [0.1, 0.15) is 40.9 Å². The summed E-state index contributed by atoms with van der Waals surface area (Å²) in [6.07, 6.45) is 0.111. The minimum atomic E-state index is -0.599. The fraction of sp³-hybridized carbons (Fsp3) is 0.174. The molecule has 0 aliphatic carbocycles. The molecule has 0 N–H and O–H groups in total. The van der Waals surface area contributed by atoms with Crippen LogP contribution in [0.3, 0.4) is 0 Å². The molecule has 0 radical (unpaired) electrons. The molecule has 0 saturated heterocycles. The SMILES string of the molecule is Cc1ccc(C2=NN3[C@H](C2)c2cc(Br)ccc2O[C@H]3c2ccc(Cl)c([N+](=O)[O-])c2)cc1. The van der Waals surface area contributed by atoms with Crippen LogP contribution in [0, 0.1) is 17.0 Å². The Hall–Kier alpha value is -2.90. The first-order valence-corrected chi connectivity index (χ1v) is 10.9. The molecule has 2 heterocycles. The van der Waals surface area contributed by atoms with Crippen molar-refractivity contribution in [2.24, 2.45) is 5.10 Å². The third-order valence-electron chi connectivity index (χ3n) is 5.59. The van der Waals surface area contributed by atoms with Crippen LogP contribution in [0.2, 0.25) is 5.02 Å². The molecule has 2 atom stereocenters. The van der Waals surface area contributed by atoms with E-state index in [9.17, 15) is 10.1 Å². The molecule has 0 bridgehead atoms. The van der Waals surface area contributed by atoms with E-state index in [0.29, 0.717) is 12.0 Å². The minimum Gasteiger partial charge on any atom is -0.464 e. The van der Waals surface area contributed by atoms with Gasteiger partial charge in [-0.1, -0.05) is 63.4 Å². The van der Waals surface area contributed by atoms with Gasteiger partial charge in [0.15, 0.2) is 0 Å². The van der Waals surface area contributed by atoms with E-state index in [2.05, 4.69) is 47.1 Å². The second kappa shape index (κ2) is 7.66. The molecule has 31 heavy (non-hydrogen) atoms. The maximum Gasteiger partial charge on any atom is 0.288 e. The second-order valence-electron chi connectivity index (χ2n) is 7.63. The molecule has 0 unspecified atom stereocenters. The lowest BCUT2D eigenvalue weighted by atomic mass is 9.95. The maximum atomic E-state index is 11.4. The molecule has 3 aromatic rings. The molecule has 0 amide bonds. The Bertz CT molecular complexity index is 1230. The standard InChI is InChI=1S/C23H17BrClN3O3/c1-13-2-4-14(5-3-13)19-12-20-17-11-16(24)7-9-22(17)31-23(27(20)26-19)15-6-8-18(25)21(10-15)28(29)30/h2-11,20,23H,12H2,1H3/t20-,23+/m1/s1. The Labute approximate surface area is 192 Å². The number of hydrazone groups is 1. The van der Waals surface area contributed by atoms with Crippen molar-refractivity contribution >= 4 is 38.9 Å². The summed E-state index contributed by atoms with van der Waals surface area (Å²) in [5, 5.41) is 18.3. The van der Waals surface area contributed by atoms with Crippen LogP contribution >= 0.6 is 27.5 Å². The largest absolute Gasteiger partial charge is 0.464 e. The van der Waals surface area contributed by atoms with Crippen molar-refractivity contribution in [3.05, 3.63) is 103 Å². The third-order valence-corrected chi connectivity index (χ3v) is 6.40. The second-order valence-corrected chi connectivity index (χ2v) is 8.96. The summed E-state index contributed by atoms with van der Waals surface area (Å²) in [5.41, 5.74) is 4.70. The van der Waals surface area contributed by atoms with Gasteiger partial charge in [0.2, 0.25) is 6.23 Å². The number of hydrogen-bond donors (Lipinski definition) is 0. The van der Waals surface area contributed by atoms with Gasteiger partial charge < -0.3 is 4.74 Å². The zero-order valence-corrected chi connectivity index (χ0v) is 18.8. The summed E-state index contributed by atoms with van der Waals surface area (Å²) in [6, 6.07) is 18.9. The number of halogens is 2. The lowest BCUT2D eigenvalue weighted by Crippen LogP contribution is -2.33. The first kappa shape index (κ1) is 20.0. The molecular formula is C23H17BrClN3O3. The zero-order chi connectivity index (χ0) is 21.7. The average molecular weight is 499 g/mol. The maximum absolute atomic E-state index is 11.4. The molecular weight excluding hydrogens is 482 g/mol. The molecule has 6 nitrogen and oxygen atoms in total. The van der Waals surface area contributed by atoms with Crippen LogP contribution in [-0.2, 0) is 0 Å². The van der Waals surface area contributed by atoms with Crippen LogP contribution in [0.15, 0.2) is 70.2 Å². The van der Waals surface area contributed by atoms with Crippen LogP contribution in [0.4, 0.5) is 5.69 Å². The van der Waals surface area contributed by atoms with Gasteiger partial charge in [-0.25, -0.2) is 5.01 Å². The Kier molecular flexibility index (Phi) is 4.95. The monoisotopic (exact) mass is 497 g/mol. The van der Waals surface area contributed by atoms with Crippen molar-refractivity contribution in [3.63, 3.8) is 0 Å². The normalized spacial score (nSPS) is 19.3. The van der Waals surface area contributed by atoms with Crippen molar-refractivity contribution < 1.29 is 9.66 Å². The summed E-state index contributed by atoms with van der Waals surface area (Å²) in [6.45, 7) is 2.05. The van der Waals surface area contributed by atoms with Gasteiger partial charge in [-0.15, -0.1) is 0 Å². The molecule has 0 saturated carbocycles. The first-order valence-electron chi connectivity index (χ1n) is 9.73. The van der Waals surface area contributed by atoms with Crippen molar-refractivity contribution in [2.45, 2.75) is 25.6 Å². The van der Waals surface area contributed by atoms with Crippen LogP contribution < -0.4 is 4.74 Å². The number of nitro groups is 1. The molecule has 5 rings (SSSR count). The fourth-order valence-corrected chi connectivity index (χ4v) is 4.59. The van der Waals surface area contributed by atoms with Gasteiger partial charge in [0.25, 0.3) is 5.69 Å². The summed E-state index contributed by atoms with van der Waals surface area (Å²) in [5.74, 6) is 0.743. The number of hydrogen-bond acceptors (Lipinski definition) is 5. The molecule has 2 aliphatic heterocycles. The number of nitrogens with zero attached hydrogens (tertiary/aromatic N) is 3. The van der Waals surface area contributed by atoms with E-state index in [1.165, 1.54) is 17.7 Å². The smallest absolute Gasteiger partial charge is 0.288 e. The van der Waals surface area contributed by atoms with Crippen molar-refractivity contribution in [1.82, 2.24) is 5.01 Å². The first-order chi connectivity index (χ1) is 14.9. The van der Waals surface area contributed by atoms with E-state index < -0.39 is 11.2 Å². The lowest BCUT2D eigenvalue weighted by Gasteiger charge is -2.38. The Morgan fingerprint density at radius 3 is 2.68 bits per heavy atom. The minimum absolute atomic E-state index is 0.0442. The highest BCUT2D eigenvalue weighted by Crippen LogP contribution is 2.48. The quantitative estimate of drug-likeness (QED) is 0.303. The Balaban J connectivity index is 1.61. The zero-order valence-electron chi connectivity index (χ0n) is 16.5. The van der Waals surface area contributed by atoms with Gasteiger partial charge in [0, 0.05) is 28.1 Å². The number of ether oxygens (including phenoxy) is 1. The van der Waals surface area contributed by atoms with Crippen molar-refractivity contribution in [3.8, 4) is 5.75 Å².